The van der Waals surface area contributed by atoms with Gasteiger partial charge in [0.2, 0.25) is 5.88 Å². The fourth-order valence-electron chi connectivity index (χ4n) is 1.84. The third-order valence-corrected chi connectivity index (χ3v) is 3.31. The molecule has 0 unspecified atom stereocenters. The van der Waals surface area contributed by atoms with Crippen molar-refractivity contribution in [2.24, 2.45) is 0 Å². The highest BCUT2D eigenvalue weighted by molar-refractivity contribution is 6.35. The highest BCUT2D eigenvalue weighted by Gasteiger charge is 2.12. The summed E-state index contributed by atoms with van der Waals surface area (Å²) in [7, 11) is 0. The zero-order valence-corrected chi connectivity index (χ0v) is 12.1. The number of aromatic nitrogens is 2. The van der Waals surface area contributed by atoms with E-state index in [9.17, 15) is 4.79 Å². The fourth-order valence-corrected chi connectivity index (χ4v) is 2.24. The fraction of sp³-hybridized carbons (Fsp3) is 0. The number of halogens is 2. The molecule has 0 saturated heterocycles. The van der Waals surface area contributed by atoms with Crippen LogP contribution in [0.1, 0.15) is 10.4 Å². The van der Waals surface area contributed by atoms with Gasteiger partial charge in [-0.2, -0.15) is 0 Å². The standard InChI is InChI=1S/C15H8Cl2N2O2/c16-12-7-11-10(8-18-12)6-13(19-14(11)17)21-15(20)9-4-2-1-3-5-9/h1-8H. The van der Waals surface area contributed by atoms with Gasteiger partial charge in [0, 0.05) is 23.0 Å². The summed E-state index contributed by atoms with van der Waals surface area (Å²) in [5.41, 5.74) is 0.435. The summed E-state index contributed by atoms with van der Waals surface area (Å²) < 4.78 is 5.22. The molecule has 104 valence electrons. The minimum atomic E-state index is -0.500. The normalized spacial score (nSPS) is 10.6. The Kier molecular flexibility index (Phi) is 3.73. The molecule has 0 saturated carbocycles. The number of carbonyl (C=O) groups excluding carboxylic acids is 1. The van der Waals surface area contributed by atoms with E-state index in [2.05, 4.69) is 9.97 Å². The summed E-state index contributed by atoms with van der Waals surface area (Å²) >= 11 is 11.9. The number of carbonyl (C=O) groups is 1. The Morgan fingerprint density at radius 1 is 1.10 bits per heavy atom. The first-order chi connectivity index (χ1) is 10.1. The lowest BCUT2D eigenvalue weighted by Crippen LogP contribution is -2.09. The number of hydrogen-bond acceptors (Lipinski definition) is 4. The highest BCUT2D eigenvalue weighted by atomic mass is 35.5. The molecule has 0 bridgehead atoms. The molecule has 0 aliphatic rings. The van der Waals surface area contributed by atoms with Crippen molar-refractivity contribution < 1.29 is 9.53 Å². The van der Waals surface area contributed by atoms with Crippen LogP contribution in [0.15, 0.2) is 48.7 Å². The van der Waals surface area contributed by atoms with E-state index in [4.69, 9.17) is 27.9 Å². The van der Waals surface area contributed by atoms with E-state index in [1.54, 1.807) is 42.6 Å². The summed E-state index contributed by atoms with van der Waals surface area (Å²) in [5, 5.41) is 1.86. The largest absolute Gasteiger partial charge is 0.404 e. The number of ether oxygens (including phenoxy) is 1. The molecule has 2 heterocycles. The maximum Gasteiger partial charge on any atom is 0.344 e. The van der Waals surface area contributed by atoms with Crippen molar-refractivity contribution in [3.8, 4) is 5.88 Å². The first-order valence-corrected chi connectivity index (χ1v) is 6.78. The van der Waals surface area contributed by atoms with Gasteiger partial charge in [-0.15, -0.1) is 0 Å². The lowest BCUT2D eigenvalue weighted by molar-refractivity contribution is 0.0728. The van der Waals surface area contributed by atoms with Crippen molar-refractivity contribution in [3.63, 3.8) is 0 Å². The van der Waals surface area contributed by atoms with Crippen molar-refractivity contribution in [3.05, 3.63) is 64.5 Å². The van der Waals surface area contributed by atoms with Crippen LogP contribution < -0.4 is 4.74 Å². The molecule has 0 amide bonds. The third kappa shape index (κ3) is 2.96. The van der Waals surface area contributed by atoms with Crippen LogP contribution in [0, 0.1) is 0 Å². The van der Waals surface area contributed by atoms with Gasteiger partial charge >= 0.3 is 5.97 Å². The van der Waals surface area contributed by atoms with Gasteiger partial charge in [-0.05, 0) is 18.2 Å². The smallest absolute Gasteiger partial charge is 0.344 e. The molecule has 1 aromatic carbocycles. The molecule has 3 aromatic rings. The van der Waals surface area contributed by atoms with Gasteiger partial charge < -0.3 is 4.74 Å². The van der Waals surface area contributed by atoms with Crippen molar-refractivity contribution in [1.82, 2.24) is 9.97 Å². The Hall–Kier alpha value is -2.17. The van der Waals surface area contributed by atoms with Crippen LogP contribution in [0.25, 0.3) is 10.8 Å². The first-order valence-electron chi connectivity index (χ1n) is 6.02. The van der Waals surface area contributed by atoms with E-state index in [0.29, 0.717) is 21.5 Å². The second-order valence-corrected chi connectivity index (χ2v) is 4.98. The summed E-state index contributed by atoms with van der Waals surface area (Å²) in [6, 6.07) is 11.8. The van der Waals surface area contributed by atoms with Crippen LogP contribution in [0.5, 0.6) is 5.88 Å². The maximum atomic E-state index is 12.0. The van der Waals surface area contributed by atoms with Crippen LogP contribution in [0.2, 0.25) is 10.3 Å². The van der Waals surface area contributed by atoms with Crippen LogP contribution in [0.3, 0.4) is 0 Å². The van der Waals surface area contributed by atoms with E-state index in [-0.39, 0.29) is 11.0 Å². The minimum absolute atomic E-state index is 0.116. The molecule has 0 N–H and O–H groups in total. The van der Waals surface area contributed by atoms with Crippen LogP contribution in [-0.2, 0) is 0 Å². The molecule has 0 aliphatic carbocycles. The molecular formula is C15H8Cl2N2O2. The Morgan fingerprint density at radius 3 is 2.62 bits per heavy atom. The van der Waals surface area contributed by atoms with Crippen molar-refractivity contribution >= 4 is 39.9 Å². The SMILES string of the molecule is O=C(Oc1cc2cnc(Cl)cc2c(Cl)n1)c1ccccc1. The van der Waals surface area contributed by atoms with E-state index in [1.165, 1.54) is 0 Å². The topological polar surface area (TPSA) is 52.1 Å². The molecule has 0 radical (unpaired) electrons. The third-order valence-electron chi connectivity index (χ3n) is 2.82. The molecule has 6 heteroatoms. The van der Waals surface area contributed by atoms with Gasteiger partial charge in [0.25, 0.3) is 0 Å². The Morgan fingerprint density at radius 2 is 1.86 bits per heavy atom. The molecule has 21 heavy (non-hydrogen) atoms. The number of benzene rings is 1. The van der Waals surface area contributed by atoms with Gasteiger partial charge in [-0.25, -0.2) is 14.8 Å². The average molecular weight is 319 g/mol. The monoisotopic (exact) mass is 318 g/mol. The predicted octanol–water partition coefficient (Wildman–Crippen LogP) is 4.16. The molecule has 2 aromatic heterocycles. The summed E-state index contributed by atoms with van der Waals surface area (Å²) in [5.74, 6) is -0.383. The number of esters is 1. The van der Waals surface area contributed by atoms with Crippen LogP contribution >= 0.6 is 23.2 Å². The second-order valence-electron chi connectivity index (χ2n) is 4.24. The number of fused-ring (bicyclic) bond motifs is 1. The van der Waals surface area contributed by atoms with Gasteiger partial charge in [0.15, 0.2) is 0 Å². The zero-order valence-electron chi connectivity index (χ0n) is 10.6. The molecule has 0 spiro atoms. The number of rotatable bonds is 2. The molecule has 3 rings (SSSR count). The van der Waals surface area contributed by atoms with E-state index in [1.807, 2.05) is 6.07 Å². The summed E-state index contributed by atoms with van der Waals surface area (Å²) in [4.78, 5) is 20.0. The van der Waals surface area contributed by atoms with Crippen molar-refractivity contribution in [1.29, 1.82) is 0 Å². The molecule has 0 fully saturated rings. The van der Waals surface area contributed by atoms with Gasteiger partial charge in [0.05, 0.1) is 5.56 Å². The number of pyridine rings is 2. The minimum Gasteiger partial charge on any atom is -0.404 e. The number of hydrogen-bond donors (Lipinski definition) is 0. The molecule has 0 aliphatic heterocycles. The maximum absolute atomic E-state index is 12.0. The lowest BCUT2D eigenvalue weighted by Gasteiger charge is -2.06. The summed E-state index contributed by atoms with van der Waals surface area (Å²) in [6.07, 6.45) is 1.55. The van der Waals surface area contributed by atoms with E-state index < -0.39 is 5.97 Å². The lowest BCUT2D eigenvalue weighted by atomic mass is 10.2. The summed E-state index contributed by atoms with van der Waals surface area (Å²) in [6.45, 7) is 0. The Balaban J connectivity index is 1.95. The quantitative estimate of drug-likeness (QED) is 0.526. The van der Waals surface area contributed by atoms with Crippen molar-refractivity contribution in [2.75, 3.05) is 0 Å². The number of nitrogens with zero attached hydrogens (tertiary/aromatic N) is 2. The second kappa shape index (κ2) is 5.68. The Labute approximate surface area is 130 Å². The molecule has 4 nitrogen and oxygen atoms in total. The average Bonchev–Trinajstić information content (AvgIpc) is 2.49. The van der Waals surface area contributed by atoms with E-state index in [0.717, 1.165) is 0 Å². The molecular weight excluding hydrogens is 311 g/mol. The van der Waals surface area contributed by atoms with Gasteiger partial charge in [-0.3, -0.25) is 0 Å². The first kappa shape index (κ1) is 13.8. The molecule has 0 atom stereocenters. The zero-order chi connectivity index (χ0) is 14.8. The highest BCUT2D eigenvalue weighted by Crippen LogP contribution is 2.27. The van der Waals surface area contributed by atoms with Gasteiger partial charge in [0.1, 0.15) is 10.3 Å². The van der Waals surface area contributed by atoms with Crippen molar-refractivity contribution in [2.45, 2.75) is 0 Å². The van der Waals surface area contributed by atoms with Crippen LogP contribution in [-0.4, -0.2) is 15.9 Å². The van der Waals surface area contributed by atoms with E-state index >= 15 is 0 Å². The van der Waals surface area contributed by atoms with Gasteiger partial charge in [-0.1, -0.05) is 41.4 Å². The Bertz CT molecular complexity index is 823. The predicted molar refractivity (Wildman–Crippen MR) is 81.0 cm³/mol. The van der Waals surface area contributed by atoms with Crippen LogP contribution in [0.4, 0.5) is 0 Å².